The number of aliphatic carboxylic acids is 1. The van der Waals surface area contributed by atoms with E-state index in [4.69, 9.17) is 14.6 Å². The molecule has 0 aliphatic heterocycles. The molecule has 0 saturated heterocycles. The number of carbonyl (C=O) groups is 3. The van der Waals surface area contributed by atoms with Gasteiger partial charge in [-0.1, -0.05) is 48.5 Å². The van der Waals surface area contributed by atoms with Gasteiger partial charge in [0.1, 0.15) is 12.6 Å². The fourth-order valence-electron chi connectivity index (χ4n) is 4.71. The topological polar surface area (TPSA) is 114 Å². The Bertz CT molecular complexity index is 1010. The van der Waals surface area contributed by atoms with Crippen molar-refractivity contribution in [2.75, 3.05) is 20.3 Å². The number of carbonyl (C=O) groups excluding carboxylic acids is 2. The maximum atomic E-state index is 12.8. The lowest BCUT2D eigenvalue weighted by atomic mass is 9.80. The van der Waals surface area contributed by atoms with Gasteiger partial charge in [0.05, 0.1) is 5.60 Å². The largest absolute Gasteiger partial charge is 0.481 e. The highest BCUT2D eigenvalue weighted by molar-refractivity contribution is 5.86. The number of ether oxygens (including phenoxy) is 2. The quantitative estimate of drug-likeness (QED) is 0.494. The molecule has 0 aromatic heterocycles. The summed E-state index contributed by atoms with van der Waals surface area (Å²) in [4.78, 5) is 36.4. The highest BCUT2D eigenvalue weighted by atomic mass is 16.5. The molecule has 4 rings (SSSR count). The molecule has 2 aliphatic carbocycles. The molecule has 2 aliphatic rings. The Morgan fingerprint density at radius 3 is 2.21 bits per heavy atom. The van der Waals surface area contributed by atoms with Crippen molar-refractivity contribution in [3.05, 3.63) is 59.7 Å². The van der Waals surface area contributed by atoms with Crippen LogP contribution in [0.2, 0.25) is 0 Å². The first-order valence-corrected chi connectivity index (χ1v) is 11.6. The summed E-state index contributed by atoms with van der Waals surface area (Å²) in [5, 5.41) is 14.4. The third-order valence-electron chi connectivity index (χ3n) is 6.88. The molecule has 0 bridgehead atoms. The lowest BCUT2D eigenvalue weighted by molar-refractivity contribution is -0.137. The third-order valence-corrected chi connectivity index (χ3v) is 6.88. The van der Waals surface area contributed by atoms with Crippen molar-refractivity contribution in [3.63, 3.8) is 0 Å². The second kappa shape index (κ2) is 10.3. The van der Waals surface area contributed by atoms with E-state index in [9.17, 15) is 14.4 Å². The van der Waals surface area contributed by atoms with Crippen LogP contribution in [0.5, 0.6) is 0 Å². The molecule has 180 valence electrons. The van der Waals surface area contributed by atoms with E-state index in [1.807, 2.05) is 36.4 Å². The molecule has 0 heterocycles. The number of amides is 2. The SMILES string of the molecule is COC1(CNC(=O)C(CCC(=O)O)NC(=O)OCC2c3ccccc3-c3ccccc32)CCC1. The molecule has 1 fully saturated rings. The summed E-state index contributed by atoms with van der Waals surface area (Å²) in [6.45, 7) is 0.429. The maximum absolute atomic E-state index is 12.8. The number of alkyl carbamates (subject to hydrolysis) is 1. The third kappa shape index (κ3) is 5.07. The Morgan fingerprint density at radius 2 is 1.68 bits per heavy atom. The highest BCUT2D eigenvalue weighted by Gasteiger charge is 2.38. The van der Waals surface area contributed by atoms with E-state index in [-0.39, 0.29) is 31.0 Å². The molecule has 1 saturated carbocycles. The molecule has 0 radical (unpaired) electrons. The summed E-state index contributed by atoms with van der Waals surface area (Å²) < 4.78 is 11.0. The van der Waals surface area contributed by atoms with Crippen molar-refractivity contribution < 1.29 is 29.0 Å². The molecule has 1 atom stereocenters. The Morgan fingerprint density at radius 1 is 1.06 bits per heavy atom. The van der Waals surface area contributed by atoms with Gasteiger partial charge in [0.25, 0.3) is 0 Å². The van der Waals surface area contributed by atoms with Gasteiger partial charge < -0.3 is 25.2 Å². The van der Waals surface area contributed by atoms with Gasteiger partial charge in [0, 0.05) is 26.0 Å². The number of hydrogen-bond donors (Lipinski definition) is 3. The van der Waals surface area contributed by atoms with E-state index in [1.165, 1.54) is 0 Å². The van der Waals surface area contributed by atoms with Gasteiger partial charge in [-0.25, -0.2) is 4.79 Å². The van der Waals surface area contributed by atoms with Gasteiger partial charge in [-0.15, -0.1) is 0 Å². The van der Waals surface area contributed by atoms with Crippen molar-refractivity contribution in [2.45, 2.75) is 49.7 Å². The zero-order chi connectivity index (χ0) is 24.1. The minimum absolute atomic E-state index is 0.0364. The monoisotopic (exact) mass is 466 g/mol. The van der Waals surface area contributed by atoms with Crippen LogP contribution in [-0.4, -0.2) is 55.0 Å². The minimum Gasteiger partial charge on any atom is -0.481 e. The molecule has 8 nitrogen and oxygen atoms in total. The van der Waals surface area contributed by atoms with Crippen LogP contribution < -0.4 is 10.6 Å². The van der Waals surface area contributed by atoms with Crippen molar-refractivity contribution in [1.29, 1.82) is 0 Å². The number of fused-ring (bicyclic) bond motifs is 3. The Hall–Kier alpha value is -3.39. The van der Waals surface area contributed by atoms with Crippen LogP contribution in [0.4, 0.5) is 4.79 Å². The van der Waals surface area contributed by atoms with Crippen LogP contribution in [0.25, 0.3) is 11.1 Å². The van der Waals surface area contributed by atoms with Crippen LogP contribution in [0.3, 0.4) is 0 Å². The molecule has 34 heavy (non-hydrogen) atoms. The summed E-state index contributed by atoms with van der Waals surface area (Å²) in [6, 6.07) is 15.0. The summed E-state index contributed by atoms with van der Waals surface area (Å²) in [7, 11) is 1.61. The molecular weight excluding hydrogens is 436 g/mol. The average molecular weight is 467 g/mol. The fourth-order valence-corrected chi connectivity index (χ4v) is 4.71. The van der Waals surface area contributed by atoms with E-state index < -0.39 is 24.0 Å². The van der Waals surface area contributed by atoms with Crippen LogP contribution in [0.1, 0.15) is 49.1 Å². The summed E-state index contributed by atoms with van der Waals surface area (Å²) >= 11 is 0. The molecule has 1 unspecified atom stereocenters. The van der Waals surface area contributed by atoms with Crippen LogP contribution in [0.15, 0.2) is 48.5 Å². The van der Waals surface area contributed by atoms with Crippen LogP contribution in [0, 0.1) is 0 Å². The van der Waals surface area contributed by atoms with Gasteiger partial charge in [0.15, 0.2) is 0 Å². The lowest BCUT2D eigenvalue weighted by Gasteiger charge is -2.40. The fraction of sp³-hybridized carbons (Fsp3) is 0.423. The average Bonchev–Trinajstić information content (AvgIpc) is 3.13. The van der Waals surface area contributed by atoms with Crippen molar-refractivity contribution in [1.82, 2.24) is 10.6 Å². The number of hydrogen-bond acceptors (Lipinski definition) is 5. The Balaban J connectivity index is 1.38. The van der Waals surface area contributed by atoms with Crippen molar-refractivity contribution >= 4 is 18.0 Å². The van der Waals surface area contributed by atoms with E-state index in [0.29, 0.717) is 6.54 Å². The van der Waals surface area contributed by atoms with Crippen LogP contribution in [-0.2, 0) is 19.1 Å². The number of rotatable bonds is 10. The zero-order valence-corrected chi connectivity index (χ0v) is 19.2. The van der Waals surface area contributed by atoms with Gasteiger partial charge in [0.2, 0.25) is 5.91 Å². The summed E-state index contributed by atoms with van der Waals surface area (Å²) in [5.41, 5.74) is 4.03. The van der Waals surface area contributed by atoms with Gasteiger partial charge >= 0.3 is 12.1 Å². The molecular formula is C26H30N2O6. The number of methoxy groups -OCH3 is 1. The van der Waals surface area contributed by atoms with Gasteiger partial charge in [-0.2, -0.15) is 0 Å². The summed E-state index contributed by atoms with van der Waals surface area (Å²) in [5.74, 6) is -1.60. The second-order valence-electron chi connectivity index (χ2n) is 8.91. The lowest BCUT2D eigenvalue weighted by Crippen LogP contribution is -2.54. The molecule has 2 amide bonds. The smallest absolute Gasteiger partial charge is 0.407 e. The first kappa shape index (κ1) is 23.8. The first-order chi connectivity index (χ1) is 16.4. The molecule has 2 aromatic rings. The van der Waals surface area contributed by atoms with Crippen molar-refractivity contribution in [2.24, 2.45) is 0 Å². The van der Waals surface area contributed by atoms with Crippen molar-refractivity contribution in [3.8, 4) is 11.1 Å². The predicted octanol–water partition coefficient (Wildman–Crippen LogP) is 3.44. The molecule has 8 heteroatoms. The van der Waals surface area contributed by atoms with Gasteiger partial charge in [-0.05, 0) is 47.9 Å². The maximum Gasteiger partial charge on any atom is 0.407 e. The van der Waals surface area contributed by atoms with E-state index >= 15 is 0 Å². The normalized spacial score (nSPS) is 16.5. The highest BCUT2D eigenvalue weighted by Crippen LogP contribution is 2.44. The number of carboxylic acids is 1. The number of benzene rings is 2. The van der Waals surface area contributed by atoms with E-state index in [2.05, 4.69) is 22.8 Å². The molecule has 0 spiro atoms. The van der Waals surface area contributed by atoms with E-state index in [0.717, 1.165) is 41.5 Å². The molecule has 2 aromatic carbocycles. The Kier molecular flexibility index (Phi) is 7.17. The minimum atomic E-state index is -1.04. The standard InChI is InChI=1S/C26H30N2O6/c1-33-26(13-6-14-26)16-27-24(31)22(11-12-23(29)30)28-25(32)34-15-21-19-9-4-2-7-17(19)18-8-3-5-10-20(18)21/h2-5,7-10,21-22H,6,11-16H2,1H3,(H,27,31)(H,28,32)(H,29,30). The summed E-state index contributed by atoms with van der Waals surface area (Å²) in [6.07, 6.45) is 1.69. The number of carboxylic acid groups (broad SMARTS) is 1. The molecule has 3 N–H and O–H groups in total. The van der Waals surface area contributed by atoms with Crippen LogP contribution >= 0.6 is 0 Å². The van der Waals surface area contributed by atoms with E-state index in [1.54, 1.807) is 7.11 Å². The zero-order valence-electron chi connectivity index (χ0n) is 19.2. The first-order valence-electron chi connectivity index (χ1n) is 11.6. The Labute approximate surface area is 198 Å². The predicted molar refractivity (Wildman–Crippen MR) is 125 cm³/mol. The van der Waals surface area contributed by atoms with Gasteiger partial charge in [-0.3, -0.25) is 9.59 Å². The number of nitrogens with one attached hydrogen (secondary N) is 2. The second-order valence-corrected chi connectivity index (χ2v) is 8.91.